The van der Waals surface area contributed by atoms with Crippen molar-refractivity contribution in [3.05, 3.63) is 36.5 Å². The number of ether oxygens (including phenoxy) is 2. The third kappa shape index (κ3) is 2.12. The minimum Gasteiger partial charge on any atom is -0.457 e. The summed E-state index contributed by atoms with van der Waals surface area (Å²) < 4.78 is 13.1. The SMILES string of the molecule is CN(C)c1ccn2cc(C3=COC(C)(C)O3)nc2c1. The maximum absolute atomic E-state index is 5.69. The molecule has 3 heterocycles. The predicted molar refractivity (Wildman–Crippen MR) is 73.7 cm³/mol. The first-order chi connectivity index (χ1) is 8.94. The molecule has 0 N–H and O–H groups in total. The van der Waals surface area contributed by atoms with Crippen LogP contribution in [0, 0.1) is 0 Å². The summed E-state index contributed by atoms with van der Waals surface area (Å²) in [5.41, 5.74) is 2.78. The van der Waals surface area contributed by atoms with Gasteiger partial charge in [-0.15, -0.1) is 0 Å². The van der Waals surface area contributed by atoms with E-state index in [2.05, 4.69) is 4.98 Å². The van der Waals surface area contributed by atoms with E-state index < -0.39 is 5.79 Å². The third-order valence-corrected chi connectivity index (χ3v) is 3.02. The number of anilines is 1. The molecular weight excluding hydrogens is 242 g/mol. The van der Waals surface area contributed by atoms with Gasteiger partial charge in [0.2, 0.25) is 5.79 Å². The number of fused-ring (bicyclic) bond motifs is 1. The third-order valence-electron chi connectivity index (χ3n) is 3.02. The summed E-state index contributed by atoms with van der Waals surface area (Å²) in [6.45, 7) is 3.74. The minimum atomic E-state index is -0.611. The van der Waals surface area contributed by atoms with Crippen LogP contribution in [0.15, 0.2) is 30.8 Å². The van der Waals surface area contributed by atoms with Crippen LogP contribution in [0.25, 0.3) is 11.4 Å². The maximum Gasteiger partial charge on any atom is 0.245 e. The highest BCUT2D eigenvalue weighted by Crippen LogP contribution is 2.30. The Labute approximate surface area is 112 Å². The van der Waals surface area contributed by atoms with E-state index in [0.717, 1.165) is 17.0 Å². The quantitative estimate of drug-likeness (QED) is 0.830. The Morgan fingerprint density at radius 2 is 2.11 bits per heavy atom. The van der Waals surface area contributed by atoms with E-state index in [1.165, 1.54) is 0 Å². The molecule has 0 amide bonds. The van der Waals surface area contributed by atoms with Crippen LogP contribution < -0.4 is 4.90 Å². The molecule has 5 heteroatoms. The first kappa shape index (κ1) is 11.9. The fourth-order valence-electron chi connectivity index (χ4n) is 1.99. The fourth-order valence-corrected chi connectivity index (χ4v) is 1.99. The molecule has 1 aliphatic heterocycles. The van der Waals surface area contributed by atoms with E-state index >= 15 is 0 Å². The summed E-state index contributed by atoms with van der Waals surface area (Å²) in [5, 5.41) is 0. The van der Waals surface area contributed by atoms with E-state index in [0.29, 0.717) is 5.76 Å². The summed E-state index contributed by atoms with van der Waals surface area (Å²) in [6.07, 6.45) is 5.54. The second-order valence-electron chi connectivity index (χ2n) is 5.27. The van der Waals surface area contributed by atoms with E-state index in [-0.39, 0.29) is 0 Å². The summed E-state index contributed by atoms with van der Waals surface area (Å²) in [6, 6.07) is 4.08. The van der Waals surface area contributed by atoms with E-state index in [1.807, 2.05) is 61.8 Å². The molecule has 0 bridgehead atoms. The summed E-state index contributed by atoms with van der Waals surface area (Å²) in [4.78, 5) is 6.61. The Hall–Kier alpha value is -2.17. The first-order valence-corrected chi connectivity index (χ1v) is 6.18. The lowest BCUT2D eigenvalue weighted by Crippen LogP contribution is -2.19. The minimum absolute atomic E-state index is 0.611. The van der Waals surface area contributed by atoms with Gasteiger partial charge in [-0.2, -0.15) is 0 Å². The van der Waals surface area contributed by atoms with Crippen LogP contribution in [0.1, 0.15) is 19.5 Å². The summed E-state index contributed by atoms with van der Waals surface area (Å²) in [7, 11) is 4.02. The molecule has 0 aliphatic carbocycles. The Morgan fingerprint density at radius 3 is 2.74 bits per heavy atom. The van der Waals surface area contributed by atoms with Crippen LogP contribution >= 0.6 is 0 Å². The van der Waals surface area contributed by atoms with Gasteiger partial charge >= 0.3 is 0 Å². The average Bonchev–Trinajstić information content (AvgIpc) is 2.90. The molecule has 2 aromatic heterocycles. The van der Waals surface area contributed by atoms with Gasteiger partial charge in [0.15, 0.2) is 5.76 Å². The molecule has 3 rings (SSSR count). The molecule has 0 saturated carbocycles. The van der Waals surface area contributed by atoms with Crippen molar-refractivity contribution >= 4 is 17.1 Å². The maximum atomic E-state index is 5.69. The van der Waals surface area contributed by atoms with Crippen LogP contribution in [0.5, 0.6) is 0 Å². The standard InChI is InChI=1S/C14H17N3O2/c1-14(2)18-9-12(19-14)11-8-17-6-5-10(16(3)4)7-13(17)15-11/h5-9H,1-4H3. The van der Waals surface area contributed by atoms with Crippen molar-refractivity contribution in [1.29, 1.82) is 0 Å². The Kier molecular flexibility index (Phi) is 2.45. The van der Waals surface area contributed by atoms with Crippen molar-refractivity contribution in [2.45, 2.75) is 19.6 Å². The van der Waals surface area contributed by atoms with Crippen molar-refractivity contribution in [2.75, 3.05) is 19.0 Å². The fraction of sp³-hybridized carbons (Fsp3) is 0.357. The molecule has 0 fully saturated rings. The summed E-state index contributed by atoms with van der Waals surface area (Å²) >= 11 is 0. The second kappa shape index (κ2) is 3.91. The second-order valence-corrected chi connectivity index (χ2v) is 5.27. The number of nitrogens with zero attached hydrogens (tertiary/aromatic N) is 3. The zero-order chi connectivity index (χ0) is 13.6. The normalized spacial score (nSPS) is 16.9. The summed E-state index contributed by atoms with van der Waals surface area (Å²) in [5.74, 6) is 0.0556. The molecule has 1 aliphatic rings. The van der Waals surface area contributed by atoms with Gasteiger partial charge in [-0.1, -0.05) is 0 Å². The van der Waals surface area contributed by atoms with Crippen molar-refractivity contribution in [2.24, 2.45) is 0 Å². The molecule has 0 saturated heterocycles. The van der Waals surface area contributed by atoms with Crippen LogP contribution in [-0.2, 0) is 9.47 Å². The lowest BCUT2D eigenvalue weighted by atomic mass is 10.4. The van der Waals surface area contributed by atoms with Crippen molar-refractivity contribution in [1.82, 2.24) is 9.38 Å². The topological polar surface area (TPSA) is 39.0 Å². The van der Waals surface area contributed by atoms with Gasteiger partial charge < -0.3 is 18.8 Å². The smallest absolute Gasteiger partial charge is 0.245 e. The highest BCUT2D eigenvalue weighted by atomic mass is 16.7. The molecule has 5 nitrogen and oxygen atoms in total. The van der Waals surface area contributed by atoms with Gasteiger partial charge in [0.1, 0.15) is 17.6 Å². The molecule has 0 radical (unpaired) electrons. The molecule has 0 spiro atoms. The van der Waals surface area contributed by atoms with Crippen LogP contribution in [0.3, 0.4) is 0 Å². The highest BCUT2D eigenvalue weighted by molar-refractivity contribution is 5.63. The average molecular weight is 259 g/mol. The monoisotopic (exact) mass is 259 g/mol. The molecule has 0 unspecified atom stereocenters. The number of imidazole rings is 1. The number of pyridine rings is 1. The van der Waals surface area contributed by atoms with Gasteiger partial charge in [0.05, 0.1) is 0 Å². The van der Waals surface area contributed by atoms with Crippen molar-refractivity contribution in [3.8, 4) is 0 Å². The lowest BCUT2D eigenvalue weighted by Gasteiger charge is -2.17. The molecule has 0 atom stereocenters. The van der Waals surface area contributed by atoms with Gasteiger partial charge in [-0.05, 0) is 6.07 Å². The van der Waals surface area contributed by atoms with Gasteiger partial charge in [0.25, 0.3) is 0 Å². The van der Waals surface area contributed by atoms with Gasteiger partial charge in [-0.3, -0.25) is 0 Å². The largest absolute Gasteiger partial charge is 0.457 e. The zero-order valence-electron chi connectivity index (χ0n) is 11.5. The van der Waals surface area contributed by atoms with E-state index in [4.69, 9.17) is 9.47 Å². The van der Waals surface area contributed by atoms with Gasteiger partial charge in [0, 0.05) is 52.1 Å². The molecule has 0 aromatic carbocycles. The predicted octanol–water partition coefficient (Wildman–Crippen LogP) is 2.48. The number of rotatable bonds is 2. The lowest BCUT2D eigenvalue weighted by molar-refractivity contribution is -0.102. The molecule has 100 valence electrons. The number of hydrogen-bond donors (Lipinski definition) is 0. The van der Waals surface area contributed by atoms with Crippen molar-refractivity contribution < 1.29 is 9.47 Å². The Morgan fingerprint density at radius 1 is 1.32 bits per heavy atom. The number of aromatic nitrogens is 2. The van der Waals surface area contributed by atoms with Gasteiger partial charge in [-0.25, -0.2) is 4.98 Å². The van der Waals surface area contributed by atoms with Crippen LogP contribution in [0.2, 0.25) is 0 Å². The first-order valence-electron chi connectivity index (χ1n) is 6.18. The Bertz CT molecular complexity index is 656. The van der Waals surface area contributed by atoms with Crippen molar-refractivity contribution in [3.63, 3.8) is 0 Å². The van der Waals surface area contributed by atoms with E-state index in [9.17, 15) is 0 Å². The number of hydrogen-bond acceptors (Lipinski definition) is 4. The highest BCUT2D eigenvalue weighted by Gasteiger charge is 2.29. The molecular formula is C14H17N3O2. The molecule has 19 heavy (non-hydrogen) atoms. The van der Waals surface area contributed by atoms with E-state index in [1.54, 1.807) is 6.26 Å². The van der Waals surface area contributed by atoms with Crippen LogP contribution in [0.4, 0.5) is 5.69 Å². The Balaban J connectivity index is 1.99. The van der Waals surface area contributed by atoms with Crippen LogP contribution in [-0.4, -0.2) is 29.3 Å². The zero-order valence-corrected chi connectivity index (χ0v) is 11.5. The molecule has 2 aromatic rings.